The van der Waals surface area contributed by atoms with Crippen molar-refractivity contribution in [2.24, 2.45) is 0 Å². The van der Waals surface area contributed by atoms with Gasteiger partial charge < -0.3 is 9.47 Å². The molecule has 3 aromatic carbocycles. The maximum Gasteiger partial charge on any atom is 0.344 e. The molecule has 0 saturated heterocycles. The second-order valence-electron chi connectivity index (χ2n) is 8.13. The maximum atomic E-state index is 12.9. The quantitative estimate of drug-likeness (QED) is 0.225. The number of thioether (sulfide) groups is 1. The van der Waals surface area contributed by atoms with Gasteiger partial charge in [-0.25, -0.2) is 9.78 Å². The number of nitrogens with zero attached hydrogens (tertiary/aromatic N) is 1. The molecule has 1 aromatic heterocycles. The fourth-order valence-electron chi connectivity index (χ4n) is 3.76. The molecule has 5 heteroatoms. The van der Waals surface area contributed by atoms with Crippen molar-refractivity contribution >= 4 is 28.6 Å². The van der Waals surface area contributed by atoms with E-state index in [9.17, 15) is 4.79 Å². The molecular formula is C28H27NO3S. The number of benzene rings is 3. The third kappa shape index (κ3) is 5.20. The standard InChI is InChI=1S/C28H27NO3S/c1-18-8-7-9-21(14-18)17-33-27-25(28(30)31-4)26(23-10-5-6-11-24(23)29-27)32-16-22-15-19(2)12-13-20(22)3/h5-15H,16-17H2,1-4H3. The molecule has 0 bridgehead atoms. The van der Waals surface area contributed by atoms with E-state index in [4.69, 9.17) is 14.5 Å². The summed E-state index contributed by atoms with van der Waals surface area (Å²) in [6, 6.07) is 22.4. The molecule has 0 saturated carbocycles. The first-order valence-corrected chi connectivity index (χ1v) is 11.8. The summed E-state index contributed by atoms with van der Waals surface area (Å²) in [4.78, 5) is 17.8. The Bertz CT molecular complexity index is 1320. The number of esters is 1. The molecule has 0 unspecified atom stereocenters. The Hall–Kier alpha value is -3.31. The minimum atomic E-state index is -0.448. The summed E-state index contributed by atoms with van der Waals surface area (Å²) in [5.41, 5.74) is 6.93. The van der Waals surface area contributed by atoms with E-state index >= 15 is 0 Å². The van der Waals surface area contributed by atoms with E-state index in [-0.39, 0.29) is 0 Å². The highest BCUT2D eigenvalue weighted by Crippen LogP contribution is 2.37. The molecule has 0 aliphatic carbocycles. The molecule has 168 valence electrons. The van der Waals surface area contributed by atoms with Gasteiger partial charge in [0.2, 0.25) is 0 Å². The molecule has 4 aromatic rings. The third-order valence-electron chi connectivity index (χ3n) is 5.54. The molecule has 0 fully saturated rings. The summed E-state index contributed by atoms with van der Waals surface area (Å²) in [6.45, 7) is 6.55. The molecular weight excluding hydrogens is 430 g/mol. The summed E-state index contributed by atoms with van der Waals surface area (Å²) >= 11 is 1.52. The van der Waals surface area contributed by atoms with E-state index in [2.05, 4.69) is 57.2 Å². The average molecular weight is 458 g/mol. The number of rotatable bonds is 7. The average Bonchev–Trinajstić information content (AvgIpc) is 2.82. The van der Waals surface area contributed by atoms with Crippen molar-refractivity contribution < 1.29 is 14.3 Å². The highest BCUT2D eigenvalue weighted by molar-refractivity contribution is 7.98. The van der Waals surface area contributed by atoms with Crippen LogP contribution in [0.5, 0.6) is 5.75 Å². The number of aromatic nitrogens is 1. The predicted octanol–water partition coefficient (Wildman–Crippen LogP) is 6.82. The van der Waals surface area contributed by atoms with E-state index in [1.807, 2.05) is 30.3 Å². The van der Waals surface area contributed by atoms with Gasteiger partial charge in [-0.05, 0) is 49.6 Å². The molecule has 0 aliphatic heterocycles. The van der Waals surface area contributed by atoms with Crippen LogP contribution in [0, 0.1) is 20.8 Å². The minimum absolute atomic E-state index is 0.355. The van der Waals surface area contributed by atoms with Crippen LogP contribution < -0.4 is 4.74 Å². The van der Waals surface area contributed by atoms with Crippen molar-refractivity contribution in [2.75, 3.05) is 7.11 Å². The molecule has 0 atom stereocenters. The van der Waals surface area contributed by atoms with Crippen molar-refractivity contribution in [2.45, 2.75) is 38.2 Å². The second-order valence-corrected chi connectivity index (χ2v) is 9.09. The van der Waals surface area contributed by atoms with Gasteiger partial charge in [0.1, 0.15) is 22.9 Å². The Kier molecular flexibility index (Phi) is 6.99. The van der Waals surface area contributed by atoms with Crippen LogP contribution in [-0.2, 0) is 17.1 Å². The van der Waals surface area contributed by atoms with Gasteiger partial charge in [-0.2, -0.15) is 0 Å². The van der Waals surface area contributed by atoms with Crippen molar-refractivity contribution in [3.63, 3.8) is 0 Å². The van der Waals surface area contributed by atoms with E-state index in [1.54, 1.807) is 0 Å². The summed E-state index contributed by atoms with van der Waals surface area (Å²) in [5, 5.41) is 1.40. The first kappa shape index (κ1) is 22.9. The summed E-state index contributed by atoms with van der Waals surface area (Å²) < 4.78 is 11.5. The number of pyridine rings is 1. The number of fused-ring (bicyclic) bond motifs is 1. The highest BCUT2D eigenvalue weighted by atomic mass is 32.2. The van der Waals surface area contributed by atoms with Gasteiger partial charge >= 0.3 is 5.97 Å². The molecule has 0 N–H and O–H groups in total. The molecule has 4 rings (SSSR count). The topological polar surface area (TPSA) is 48.4 Å². The third-order valence-corrected chi connectivity index (χ3v) is 6.58. The van der Waals surface area contributed by atoms with Crippen molar-refractivity contribution in [3.05, 3.63) is 100 Å². The van der Waals surface area contributed by atoms with Crippen LogP contribution in [0.3, 0.4) is 0 Å². The van der Waals surface area contributed by atoms with Crippen LogP contribution in [0.1, 0.15) is 38.2 Å². The van der Waals surface area contributed by atoms with E-state index in [0.717, 1.165) is 22.0 Å². The molecule has 0 amide bonds. The second kappa shape index (κ2) is 10.1. The molecule has 0 radical (unpaired) electrons. The molecule has 33 heavy (non-hydrogen) atoms. The van der Waals surface area contributed by atoms with E-state index in [1.165, 1.54) is 35.6 Å². The Morgan fingerprint density at radius 1 is 0.939 bits per heavy atom. The number of methoxy groups -OCH3 is 1. The lowest BCUT2D eigenvalue weighted by Crippen LogP contribution is -2.10. The van der Waals surface area contributed by atoms with Gasteiger partial charge in [-0.15, -0.1) is 11.8 Å². The van der Waals surface area contributed by atoms with Crippen LogP contribution in [-0.4, -0.2) is 18.1 Å². The van der Waals surface area contributed by atoms with Crippen LogP contribution in [0.2, 0.25) is 0 Å². The zero-order valence-electron chi connectivity index (χ0n) is 19.3. The SMILES string of the molecule is COC(=O)c1c(SCc2cccc(C)c2)nc2ccccc2c1OCc1cc(C)ccc1C. The van der Waals surface area contributed by atoms with Gasteiger partial charge in [0.05, 0.1) is 12.6 Å². The Morgan fingerprint density at radius 3 is 2.52 bits per heavy atom. The van der Waals surface area contributed by atoms with Gasteiger partial charge in [0, 0.05) is 11.1 Å². The van der Waals surface area contributed by atoms with E-state index < -0.39 is 5.97 Å². The van der Waals surface area contributed by atoms with Gasteiger partial charge in [-0.3, -0.25) is 0 Å². The van der Waals surface area contributed by atoms with Gasteiger partial charge in [-0.1, -0.05) is 65.7 Å². The maximum absolute atomic E-state index is 12.9. The fraction of sp³-hybridized carbons (Fsp3) is 0.214. The Labute approximate surface area is 199 Å². The molecule has 4 nitrogen and oxygen atoms in total. The lowest BCUT2D eigenvalue weighted by Gasteiger charge is -2.17. The fourth-order valence-corrected chi connectivity index (χ4v) is 4.72. The number of hydrogen-bond donors (Lipinski definition) is 0. The largest absolute Gasteiger partial charge is 0.487 e. The Morgan fingerprint density at radius 2 is 1.73 bits per heavy atom. The van der Waals surface area contributed by atoms with Crippen LogP contribution in [0.15, 0.2) is 71.8 Å². The van der Waals surface area contributed by atoms with Gasteiger partial charge in [0.25, 0.3) is 0 Å². The number of hydrogen-bond acceptors (Lipinski definition) is 5. The van der Waals surface area contributed by atoms with Crippen LogP contribution >= 0.6 is 11.8 Å². The normalized spacial score (nSPS) is 10.9. The highest BCUT2D eigenvalue weighted by Gasteiger charge is 2.24. The Balaban J connectivity index is 1.77. The summed E-state index contributed by atoms with van der Waals surface area (Å²) in [6.07, 6.45) is 0. The number of aryl methyl sites for hydroxylation is 3. The molecule has 0 aliphatic rings. The minimum Gasteiger partial charge on any atom is -0.487 e. The van der Waals surface area contributed by atoms with Crippen molar-refractivity contribution in [1.82, 2.24) is 4.98 Å². The zero-order valence-corrected chi connectivity index (χ0v) is 20.2. The zero-order chi connectivity index (χ0) is 23.4. The number of para-hydroxylation sites is 1. The smallest absolute Gasteiger partial charge is 0.344 e. The molecule has 0 spiro atoms. The number of carbonyl (C=O) groups excluding carboxylic acids is 1. The number of carbonyl (C=O) groups is 1. The number of ether oxygens (including phenoxy) is 2. The van der Waals surface area contributed by atoms with Gasteiger partial charge in [0.15, 0.2) is 0 Å². The lowest BCUT2D eigenvalue weighted by atomic mass is 10.1. The predicted molar refractivity (Wildman–Crippen MR) is 134 cm³/mol. The van der Waals surface area contributed by atoms with Crippen LogP contribution in [0.25, 0.3) is 10.9 Å². The summed E-state index contributed by atoms with van der Waals surface area (Å²) in [5.74, 6) is 0.754. The molecule has 1 heterocycles. The van der Waals surface area contributed by atoms with Crippen molar-refractivity contribution in [1.29, 1.82) is 0 Å². The van der Waals surface area contributed by atoms with Crippen molar-refractivity contribution in [3.8, 4) is 5.75 Å². The first-order valence-electron chi connectivity index (χ1n) is 10.8. The van der Waals surface area contributed by atoms with Crippen LogP contribution in [0.4, 0.5) is 0 Å². The first-order chi connectivity index (χ1) is 16.0. The lowest BCUT2D eigenvalue weighted by molar-refractivity contribution is 0.0590. The summed E-state index contributed by atoms with van der Waals surface area (Å²) in [7, 11) is 1.39. The monoisotopic (exact) mass is 457 g/mol. The van der Waals surface area contributed by atoms with E-state index in [0.29, 0.717) is 28.7 Å².